The van der Waals surface area contributed by atoms with Gasteiger partial charge in [-0.05, 0) is 25.1 Å². The summed E-state index contributed by atoms with van der Waals surface area (Å²) in [6, 6.07) is 7.52. The Bertz CT molecular complexity index is 1500. The second-order valence-corrected chi connectivity index (χ2v) is 9.22. The molecule has 10 nitrogen and oxygen atoms in total. The predicted molar refractivity (Wildman–Crippen MR) is 132 cm³/mol. The molecule has 0 spiro atoms. The van der Waals surface area contributed by atoms with Crippen molar-refractivity contribution in [1.29, 1.82) is 5.26 Å². The highest BCUT2D eigenvalue weighted by Gasteiger charge is 2.57. The Balaban J connectivity index is 1.17. The molecule has 1 saturated heterocycles. The lowest BCUT2D eigenvalue weighted by atomic mass is 10.1. The van der Waals surface area contributed by atoms with Gasteiger partial charge in [0.05, 0.1) is 53.2 Å². The SMILES string of the molecule is CCOc1cc(-c2cnc(N3C[C@@H]4[C@H](C3)[C@@H]4NC(=O)c3ncccc3Cl)cn2)c2c(C#N)cnn2c1. The van der Waals surface area contributed by atoms with Gasteiger partial charge in [0.15, 0.2) is 0 Å². The van der Waals surface area contributed by atoms with Crippen molar-refractivity contribution in [2.75, 3.05) is 24.6 Å². The van der Waals surface area contributed by atoms with Crippen LogP contribution in [0.15, 0.2) is 49.2 Å². The Kier molecular flexibility index (Phi) is 5.42. The maximum absolute atomic E-state index is 12.5. The normalized spacial score (nSPS) is 20.1. The number of ether oxygens (including phenoxy) is 1. The molecule has 1 N–H and O–H groups in total. The number of aromatic nitrogens is 5. The summed E-state index contributed by atoms with van der Waals surface area (Å²) in [6.07, 6.45) is 8.29. The van der Waals surface area contributed by atoms with Gasteiger partial charge in [-0.3, -0.25) is 9.78 Å². The molecule has 180 valence electrons. The van der Waals surface area contributed by atoms with Crippen molar-refractivity contribution in [3.05, 3.63) is 65.5 Å². The van der Waals surface area contributed by atoms with Crippen LogP contribution in [0.4, 0.5) is 5.82 Å². The first kappa shape index (κ1) is 22.2. The number of carbonyl (C=O) groups is 1. The Morgan fingerprint density at radius 3 is 2.78 bits per heavy atom. The van der Waals surface area contributed by atoms with Crippen molar-refractivity contribution in [1.82, 2.24) is 29.9 Å². The largest absolute Gasteiger partial charge is 0.492 e. The highest BCUT2D eigenvalue weighted by molar-refractivity contribution is 6.33. The molecule has 36 heavy (non-hydrogen) atoms. The van der Waals surface area contributed by atoms with E-state index in [1.165, 1.54) is 6.20 Å². The van der Waals surface area contributed by atoms with Crippen molar-refractivity contribution >= 4 is 28.8 Å². The quantitative estimate of drug-likeness (QED) is 0.429. The van der Waals surface area contributed by atoms with Crippen molar-refractivity contribution in [2.24, 2.45) is 11.8 Å². The van der Waals surface area contributed by atoms with Crippen LogP contribution < -0.4 is 15.0 Å². The molecule has 3 atom stereocenters. The molecule has 6 rings (SSSR count). The van der Waals surface area contributed by atoms with Crippen LogP contribution in [0.25, 0.3) is 16.8 Å². The van der Waals surface area contributed by atoms with Crippen LogP contribution in [0.1, 0.15) is 23.0 Å². The first-order valence-corrected chi connectivity index (χ1v) is 12.0. The molecule has 2 fully saturated rings. The van der Waals surface area contributed by atoms with E-state index in [1.54, 1.807) is 41.4 Å². The van der Waals surface area contributed by atoms with Crippen LogP contribution >= 0.6 is 11.6 Å². The van der Waals surface area contributed by atoms with E-state index in [0.29, 0.717) is 46.0 Å². The number of halogens is 1. The van der Waals surface area contributed by atoms with Gasteiger partial charge < -0.3 is 15.0 Å². The summed E-state index contributed by atoms with van der Waals surface area (Å²) in [5, 5.41) is 17.2. The Morgan fingerprint density at radius 2 is 2.08 bits per heavy atom. The number of piperidine rings is 1. The third-order valence-electron chi connectivity index (χ3n) is 6.72. The van der Waals surface area contributed by atoms with E-state index >= 15 is 0 Å². The monoisotopic (exact) mass is 500 g/mol. The molecule has 0 aromatic carbocycles. The smallest absolute Gasteiger partial charge is 0.271 e. The third kappa shape index (κ3) is 3.78. The van der Waals surface area contributed by atoms with Crippen LogP contribution in [0.5, 0.6) is 5.75 Å². The second kappa shape index (κ2) is 8.77. The van der Waals surface area contributed by atoms with Crippen LogP contribution in [0, 0.1) is 23.2 Å². The molecule has 4 aromatic rings. The number of anilines is 1. The van der Waals surface area contributed by atoms with E-state index in [2.05, 4.69) is 36.3 Å². The summed E-state index contributed by atoms with van der Waals surface area (Å²) in [4.78, 5) is 28.1. The molecular formula is C25H21ClN8O2. The number of nitrogens with zero attached hydrogens (tertiary/aromatic N) is 7. The fraction of sp³-hybridized carbons (Fsp3) is 0.280. The number of amides is 1. The highest BCUT2D eigenvalue weighted by atomic mass is 35.5. The zero-order chi connectivity index (χ0) is 24.8. The van der Waals surface area contributed by atoms with Gasteiger partial charge in [0.2, 0.25) is 0 Å². The van der Waals surface area contributed by atoms with Crippen molar-refractivity contribution in [3.8, 4) is 23.1 Å². The fourth-order valence-corrected chi connectivity index (χ4v) is 5.15. The van der Waals surface area contributed by atoms with Gasteiger partial charge in [0.1, 0.15) is 23.3 Å². The van der Waals surface area contributed by atoms with E-state index in [-0.39, 0.29) is 17.6 Å². The third-order valence-corrected chi connectivity index (χ3v) is 7.03. The van der Waals surface area contributed by atoms with Crippen LogP contribution in [-0.2, 0) is 0 Å². The minimum atomic E-state index is -0.243. The average Bonchev–Trinajstić information content (AvgIpc) is 3.23. The summed E-state index contributed by atoms with van der Waals surface area (Å²) < 4.78 is 7.31. The van der Waals surface area contributed by atoms with Crippen molar-refractivity contribution < 1.29 is 9.53 Å². The van der Waals surface area contributed by atoms with Crippen molar-refractivity contribution in [3.63, 3.8) is 0 Å². The van der Waals surface area contributed by atoms with Crippen LogP contribution in [0.3, 0.4) is 0 Å². The maximum atomic E-state index is 12.5. The first-order valence-electron chi connectivity index (χ1n) is 11.6. The molecule has 1 aliphatic carbocycles. The van der Waals surface area contributed by atoms with Crippen LogP contribution in [-0.4, -0.2) is 56.2 Å². The van der Waals surface area contributed by atoms with E-state index in [4.69, 9.17) is 16.3 Å². The summed E-state index contributed by atoms with van der Waals surface area (Å²) >= 11 is 6.10. The summed E-state index contributed by atoms with van der Waals surface area (Å²) in [5.41, 5.74) is 2.73. The van der Waals surface area contributed by atoms with Gasteiger partial charge in [-0.25, -0.2) is 14.5 Å². The standard InChI is InChI=1S/C25H21ClN8O2/c1-2-36-15-6-16(24-14(7-27)8-31-34(24)11-15)20-9-30-21(10-29-20)33-12-17-18(13-33)22(17)32-25(35)23-19(26)4-3-5-28-23/h3-6,8-11,17-18,22H,2,12-13H2,1H3,(H,32,35)/t17-,18+,22-. The Labute approximate surface area is 211 Å². The van der Waals surface area contributed by atoms with E-state index in [0.717, 1.165) is 24.5 Å². The van der Waals surface area contributed by atoms with Gasteiger partial charge in [-0.15, -0.1) is 0 Å². The molecule has 1 amide bonds. The molecule has 11 heteroatoms. The molecular weight excluding hydrogens is 480 g/mol. The molecule has 0 radical (unpaired) electrons. The number of rotatable bonds is 6. The maximum Gasteiger partial charge on any atom is 0.271 e. The van der Waals surface area contributed by atoms with Gasteiger partial charge in [-0.1, -0.05) is 11.6 Å². The molecule has 0 unspecified atom stereocenters. The second-order valence-electron chi connectivity index (χ2n) is 8.81. The molecule has 5 heterocycles. The van der Waals surface area contributed by atoms with Crippen LogP contribution in [0.2, 0.25) is 5.02 Å². The van der Waals surface area contributed by atoms with E-state index in [1.807, 2.05) is 13.0 Å². The van der Waals surface area contributed by atoms with Gasteiger partial charge >= 0.3 is 0 Å². The Hall–Kier alpha value is -4.23. The Morgan fingerprint density at radius 1 is 1.25 bits per heavy atom. The number of hydrogen-bond donors (Lipinski definition) is 1. The molecule has 1 aliphatic heterocycles. The van der Waals surface area contributed by atoms with Crippen molar-refractivity contribution in [2.45, 2.75) is 13.0 Å². The lowest BCUT2D eigenvalue weighted by Crippen LogP contribution is -2.35. The van der Waals surface area contributed by atoms with Gasteiger partial charge in [0.25, 0.3) is 5.91 Å². The van der Waals surface area contributed by atoms with E-state index < -0.39 is 0 Å². The summed E-state index contributed by atoms with van der Waals surface area (Å²) in [7, 11) is 0. The van der Waals surface area contributed by atoms with Gasteiger partial charge in [0, 0.05) is 42.7 Å². The number of nitrogens with one attached hydrogen (secondary N) is 1. The number of hydrogen-bond acceptors (Lipinski definition) is 8. The molecule has 1 saturated carbocycles. The topological polar surface area (TPSA) is 121 Å². The first-order chi connectivity index (χ1) is 17.6. The number of nitriles is 1. The fourth-order valence-electron chi connectivity index (χ4n) is 4.94. The minimum Gasteiger partial charge on any atom is -0.492 e. The number of fused-ring (bicyclic) bond motifs is 2. The molecule has 2 aliphatic rings. The molecule has 4 aromatic heterocycles. The zero-order valence-electron chi connectivity index (χ0n) is 19.3. The minimum absolute atomic E-state index is 0.111. The molecule has 0 bridgehead atoms. The zero-order valence-corrected chi connectivity index (χ0v) is 20.1. The summed E-state index contributed by atoms with van der Waals surface area (Å²) in [6.45, 7) is 3.98. The summed E-state index contributed by atoms with van der Waals surface area (Å²) in [5.74, 6) is 1.87. The lowest BCUT2D eigenvalue weighted by Gasteiger charge is -2.21. The number of carbonyl (C=O) groups excluding carboxylic acids is 1. The van der Waals surface area contributed by atoms with E-state index in [9.17, 15) is 10.1 Å². The highest BCUT2D eigenvalue weighted by Crippen LogP contribution is 2.46. The average molecular weight is 501 g/mol. The number of pyridine rings is 2. The lowest BCUT2D eigenvalue weighted by molar-refractivity contribution is 0.0942. The van der Waals surface area contributed by atoms with Gasteiger partial charge in [-0.2, -0.15) is 10.4 Å². The predicted octanol–water partition coefficient (Wildman–Crippen LogP) is 2.97.